The summed E-state index contributed by atoms with van der Waals surface area (Å²) in [5, 5.41) is 12.3. The molecule has 0 radical (unpaired) electrons. The number of hydrogen-bond acceptors (Lipinski definition) is 4. The van der Waals surface area contributed by atoms with Crippen molar-refractivity contribution < 1.29 is 14.4 Å². The van der Waals surface area contributed by atoms with Crippen LogP contribution < -0.4 is 0 Å². The van der Waals surface area contributed by atoms with Crippen molar-refractivity contribution in [2.24, 2.45) is 0 Å². The Labute approximate surface area is 100 Å². The minimum absolute atomic E-state index is 0.0140. The number of aromatic carboxylic acids is 1. The molecule has 1 fully saturated rings. The first-order chi connectivity index (χ1) is 8.11. The van der Waals surface area contributed by atoms with Gasteiger partial charge in [-0.05, 0) is 26.2 Å². The Hall–Kier alpha value is -1.36. The van der Waals surface area contributed by atoms with Crippen LogP contribution in [0.25, 0.3) is 0 Å². The van der Waals surface area contributed by atoms with Gasteiger partial charge in [0.2, 0.25) is 0 Å². The average Bonchev–Trinajstić information content (AvgIpc) is 2.88. The summed E-state index contributed by atoms with van der Waals surface area (Å²) in [4.78, 5) is 13.1. The molecule has 1 aromatic rings. The molecule has 2 unspecified atom stereocenters. The molecule has 0 aromatic carbocycles. The van der Waals surface area contributed by atoms with Gasteiger partial charge in [-0.25, -0.2) is 4.79 Å². The molecule has 5 heteroatoms. The van der Waals surface area contributed by atoms with Crippen LogP contribution in [0.15, 0.2) is 10.6 Å². The predicted octanol–water partition coefficient (Wildman–Crippen LogP) is 2.14. The van der Waals surface area contributed by atoms with Crippen molar-refractivity contribution in [1.29, 1.82) is 0 Å². The van der Waals surface area contributed by atoms with Crippen LogP contribution in [0.4, 0.5) is 0 Å². The van der Waals surface area contributed by atoms with E-state index in [1.54, 1.807) is 0 Å². The van der Waals surface area contributed by atoms with Crippen LogP contribution in [0.1, 0.15) is 49.4 Å². The topological polar surface area (TPSA) is 66.6 Å². The largest absolute Gasteiger partial charge is 0.476 e. The van der Waals surface area contributed by atoms with Gasteiger partial charge in [-0.1, -0.05) is 12.1 Å². The van der Waals surface area contributed by atoms with Crippen molar-refractivity contribution in [3.63, 3.8) is 0 Å². The maximum atomic E-state index is 10.7. The van der Waals surface area contributed by atoms with Crippen LogP contribution >= 0.6 is 0 Å². The minimum Gasteiger partial charge on any atom is -0.476 e. The van der Waals surface area contributed by atoms with Crippen LogP contribution in [-0.2, 0) is 6.54 Å². The zero-order valence-electron chi connectivity index (χ0n) is 10.2. The van der Waals surface area contributed by atoms with E-state index in [0.29, 0.717) is 24.4 Å². The molecule has 0 bridgehead atoms. The molecule has 1 aliphatic heterocycles. The summed E-state index contributed by atoms with van der Waals surface area (Å²) in [5.41, 5.74) is -0.0140. The molecule has 0 saturated carbocycles. The Morgan fingerprint density at radius 1 is 1.65 bits per heavy atom. The lowest BCUT2D eigenvalue weighted by Gasteiger charge is -2.26. The van der Waals surface area contributed by atoms with Crippen molar-refractivity contribution in [3.8, 4) is 0 Å². The summed E-state index contributed by atoms with van der Waals surface area (Å²) in [7, 11) is 0. The fourth-order valence-corrected chi connectivity index (χ4v) is 2.52. The quantitative estimate of drug-likeness (QED) is 0.870. The molecule has 1 aromatic heterocycles. The molecule has 0 spiro atoms. The Bertz CT molecular complexity index is 402. The van der Waals surface area contributed by atoms with Gasteiger partial charge in [-0.15, -0.1) is 0 Å². The lowest BCUT2D eigenvalue weighted by Crippen LogP contribution is -2.33. The summed E-state index contributed by atoms with van der Waals surface area (Å²) >= 11 is 0. The maximum Gasteiger partial charge on any atom is 0.358 e. The molecule has 1 N–H and O–H groups in total. The maximum absolute atomic E-state index is 10.7. The number of carbonyl (C=O) groups is 1. The number of hydrogen-bond donors (Lipinski definition) is 1. The van der Waals surface area contributed by atoms with Gasteiger partial charge in [-0.3, -0.25) is 4.90 Å². The van der Waals surface area contributed by atoms with Gasteiger partial charge in [0, 0.05) is 18.2 Å². The van der Waals surface area contributed by atoms with Crippen LogP contribution in [0.3, 0.4) is 0 Å². The number of aromatic nitrogens is 1. The van der Waals surface area contributed by atoms with Crippen LogP contribution in [-0.4, -0.2) is 33.2 Å². The van der Waals surface area contributed by atoms with Gasteiger partial charge >= 0.3 is 5.97 Å². The molecule has 2 heterocycles. The summed E-state index contributed by atoms with van der Waals surface area (Å²) in [6.07, 6.45) is 3.51. The highest BCUT2D eigenvalue weighted by Crippen LogP contribution is 2.27. The number of nitrogens with zero attached hydrogens (tertiary/aromatic N) is 2. The second-order valence-corrected chi connectivity index (χ2v) is 4.64. The monoisotopic (exact) mass is 238 g/mol. The Kier molecular flexibility index (Phi) is 3.47. The zero-order valence-corrected chi connectivity index (χ0v) is 10.2. The Morgan fingerprint density at radius 2 is 2.41 bits per heavy atom. The minimum atomic E-state index is -1.04. The average molecular weight is 238 g/mol. The van der Waals surface area contributed by atoms with Gasteiger partial charge < -0.3 is 9.63 Å². The van der Waals surface area contributed by atoms with Crippen LogP contribution in [0, 0.1) is 0 Å². The number of rotatable bonds is 4. The van der Waals surface area contributed by atoms with Crippen molar-refractivity contribution >= 4 is 5.97 Å². The number of carboxylic acids is 1. The predicted molar refractivity (Wildman–Crippen MR) is 61.8 cm³/mol. The van der Waals surface area contributed by atoms with E-state index >= 15 is 0 Å². The highest BCUT2D eigenvalue weighted by Gasteiger charge is 2.30. The molecular weight excluding hydrogens is 220 g/mol. The van der Waals surface area contributed by atoms with Gasteiger partial charge in [0.25, 0.3) is 0 Å². The van der Waals surface area contributed by atoms with E-state index in [1.165, 1.54) is 18.9 Å². The molecule has 1 aliphatic rings. The standard InChI is InChI=1S/C12H18N2O3/c1-3-9-5-4-8(2)14(9)7-10-6-11(12(15)16)13-17-10/h6,8-9H,3-5,7H2,1-2H3,(H,15,16). The summed E-state index contributed by atoms with van der Waals surface area (Å²) in [6, 6.07) is 2.61. The molecule has 17 heavy (non-hydrogen) atoms. The van der Waals surface area contributed by atoms with E-state index in [0.717, 1.165) is 6.42 Å². The van der Waals surface area contributed by atoms with E-state index < -0.39 is 5.97 Å². The first-order valence-corrected chi connectivity index (χ1v) is 6.06. The van der Waals surface area contributed by atoms with E-state index in [4.69, 9.17) is 9.63 Å². The molecule has 94 valence electrons. The fourth-order valence-electron chi connectivity index (χ4n) is 2.52. The van der Waals surface area contributed by atoms with E-state index in [1.807, 2.05) is 0 Å². The molecule has 2 rings (SSSR count). The Balaban J connectivity index is 2.06. The second kappa shape index (κ2) is 4.87. The highest BCUT2D eigenvalue weighted by atomic mass is 16.5. The van der Waals surface area contributed by atoms with Crippen LogP contribution in [0.5, 0.6) is 0 Å². The van der Waals surface area contributed by atoms with Crippen LogP contribution in [0.2, 0.25) is 0 Å². The molecule has 0 amide bonds. The molecule has 5 nitrogen and oxygen atoms in total. The van der Waals surface area contributed by atoms with Gasteiger partial charge in [0.05, 0.1) is 6.54 Å². The number of carboxylic acid groups (broad SMARTS) is 1. The van der Waals surface area contributed by atoms with Crippen molar-refractivity contribution in [2.75, 3.05) is 0 Å². The fraction of sp³-hybridized carbons (Fsp3) is 0.667. The van der Waals surface area contributed by atoms with Gasteiger partial charge in [0.15, 0.2) is 11.5 Å². The zero-order chi connectivity index (χ0) is 12.4. The van der Waals surface area contributed by atoms with E-state index in [9.17, 15) is 4.79 Å². The summed E-state index contributed by atoms with van der Waals surface area (Å²) in [6.45, 7) is 5.03. The first-order valence-electron chi connectivity index (χ1n) is 6.06. The molecule has 0 aliphatic carbocycles. The van der Waals surface area contributed by atoms with E-state index in [-0.39, 0.29) is 5.69 Å². The normalized spacial score (nSPS) is 25.3. The third kappa shape index (κ3) is 2.49. The van der Waals surface area contributed by atoms with E-state index in [2.05, 4.69) is 23.9 Å². The second-order valence-electron chi connectivity index (χ2n) is 4.64. The number of likely N-dealkylation sites (tertiary alicyclic amines) is 1. The van der Waals surface area contributed by atoms with Crippen molar-refractivity contribution in [1.82, 2.24) is 10.1 Å². The molecular formula is C12H18N2O3. The third-order valence-electron chi connectivity index (χ3n) is 3.54. The summed E-state index contributed by atoms with van der Waals surface area (Å²) < 4.78 is 5.06. The van der Waals surface area contributed by atoms with Gasteiger partial charge in [0.1, 0.15) is 0 Å². The molecule has 1 saturated heterocycles. The SMILES string of the molecule is CCC1CCC(C)N1Cc1cc(C(=O)O)no1. The lowest BCUT2D eigenvalue weighted by molar-refractivity contribution is 0.0685. The van der Waals surface area contributed by atoms with Crippen molar-refractivity contribution in [2.45, 2.75) is 51.7 Å². The first kappa shape index (κ1) is 12.1. The Morgan fingerprint density at radius 3 is 3.00 bits per heavy atom. The lowest BCUT2D eigenvalue weighted by atomic mass is 10.1. The van der Waals surface area contributed by atoms with Crippen molar-refractivity contribution in [3.05, 3.63) is 17.5 Å². The molecule has 2 atom stereocenters. The summed E-state index contributed by atoms with van der Waals surface area (Å²) in [5.74, 6) is -0.406. The third-order valence-corrected chi connectivity index (χ3v) is 3.54. The van der Waals surface area contributed by atoms with Gasteiger partial charge in [-0.2, -0.15) is 0 Å². The smallest absolute Gasteiger partial charge is 0.358 e. The highest BCUT2D eigenvalue weighted by molar-refractivity contribution is 5.85.